The van der Waals surface area contributed by atoms with Crippen molar-refractivity contribution in [1.82, 2.24) is 10.6 Å². The van der Waals surface area contributed by atoms with Gasteiger partial charge < -0.3 is 19.8 Å². The Morgan fingerprint density at radius 2 is 1.74 bits per heavy atom. The molecular weight excluding hydrogens is 450 g/mol. The highest BCUT2D eigenvalue weighted by molar-refractivity contribution is 7.80. The quantitative estimate of drug-likeness (QED) is 0.255. The summed E-state index contributed by atoms with van der Waals surface area (Å²) in [6.07, 6.45) is 6.10. The van der Waals surface area contributed by atoms with Crippen LogP contribution in [-0.4, -0.2) is 23.5 Å². The number of unbranched alkanes of at least 4 members (excludes halogenated alkanes) is 3. The number of benzene rings is 2. The second-order valence-corrected chi connectivity index (χ2v) is 8.06. The van der Waals surface area contributed by atoms with Gasteiger partial charge in [0.15, 0.2) is 5.11 Å². The fraction of sp³-hybridized carbons (Fsp3) is 0.269. The molecule has 2 amide bonds. The summed E-state index contributed by atoms with van der Waals surface area (Å²) < 4.78 is 10.9. The van der Waals surface area contributed by atoms with E-state index in [2.05, 4.69) is 22.9 Å². The molecule has 8 heteroatoms. The molecule has 0 aliphatic rings. The number of carbonyl (C=O) groups is 2. The molecule has 1 heterocycles. The van der Waals surface area contributed by atoms with Gasteiger partial charge in [0.25, 0.3) is 11.8 Å². The van der Waals surface area contributed by atoms with E-state index in [1.807, 2.05) is 0 Å². The molecule has 0 radical (unpaired) electrons. The number of nitrogens with one attached hydrogen (secondary N) is 3. The summed E-state index contributed by atoms with van der Waals surface area (Å²) in [5, 5.41) is 8.46. The molecule has 0 atom stereocenters. The third-order valence-electron chi connectivity index (χ3n) is 5.03. The molecule has 7 nitrogen and oxygen atoms in total. The van der Waals surface area contributed by atoms with Crippen molar-refractivity contribution in [2.45, 2.75) is 39.2 Å². The molecule has 0 saturated heterocycles. The molecule has 178 valence electrons. The number of amides is 2. The maximum Gasteiger partial charge on any atom is 0.257 e. The van der Waals surface area contributed by atoms with E-state index in [9.17, 15) is 9.59 Å². The number of rotatable bonds is 11. The van der Waals surface area contributed by atoms with Crippen LogP contribution in [0.15, 0.2) is 71.3 Å². The van der Waals surface area contributed by atoms with E-state index in [0.717, 1.165) is 18.6 Å². The molecule has 0 aliphatic heterocycles. The van der Waals surface area contributed by atoms with Gasteiger partial charge in [0.05, 0.1) is 30.7 Å². The number of anilines is 1. The van der Waals surface area contributed by atoms with E-state index >= 15 is 0 Å². The number of hydrogen-bond donors (Lipinski definition) is 3. The van der Waals surface area contributed by atoms with Crippen molar-refractivity contribution in [3.8, 4) is 5.75 Å². The summed E-state index contributed by atoms with van der Waals surface area (Å²) >= 11 is 5.29. The Morgan fingerprint density at radius 1 is 0.941 bits per heavy atom. The summed E-state index contributed by atoms with van der Waals surface area (Å²) in [7, 11) is 0. The van der Waals surface area contributed by atoms with Crippen molar-refractivity contribution in [3.05, 3.63) is 83.8 Å². The lowest BCUT2D eigenvalue weighted by molar-refractivity contribution is 0.0947. The normalized spacial score (nSPS) is 10.4. The van der Waals surface area contributed by atoms with Crippen LogP contribution in [0.1, 0.15) is 59.1 Å². The molecule has 0 saturated carbocycles. The molecule has 3 aromatic rings. The van der Waals surface area contributed by atoms with Crippen LogP contribution in [0.2, 0.25) is 0 Å². The molecule has 0 aliphatic carbocycles. The zero-order valence-electron chi connectivity index (χ0n) is 19.1. The number of furan rings is 1. The number of para-hydroxylation sites is 1. The second-order valence-electron chi connectivity index (χ2n) is 7.65. The number of ether oxygens (including phenoxy) is 1. The minimum atomic E-state index is -0.355. The summed E-state index contributed by atoms with van der Waals surface area (Å²) in [4.78, 5) is 25.2. The van der Waals surface area contributed by atoms with Gasteiger partial charge in [-0.1, -0.05) is 38.3 Å². The highest BCUT2D eigenvalue weighted by Gasteiger charge is 2.14. The Labute approximate surface area is 204 Å². The highest BCUT2D eigenvalue weighted by Crippen LogP contribution is 2.16. The zero-order chi connectivity index (χ0) is 24.2. The van der Waals surface area contributed by atoms with Gasteiger partial charge in [-0.05, 0) is 67.2 Å². The monoisotopic (exact) mass is 479 g/mol. The third kappa shape index (κ3) is 7.74. The van der Waals surface area contributed by atoms with Crippen LogP contribution < -0.4 is 20.7 Å². The molecule has 34 heavy (non-hydrogen) atoms. The predicted octanol–water partition coefficient (Wildman–Crippen LogP) is 5.30. The maximum absolute atomic E-state index is 12.6. The van der Waals surface area contributed by atoms with Crippen molar-refractivity contribution in [2.24, 2.45) is 0 Å². The lowest BCUT2D eigenvalue weighted by Gasteiger charge is -2.13. The van der Waals surface area contributed by atoms with Gasteiger partial charge >= 0.3 is 0 Å². The lowest BCUT2D eigenvalue weighted by atomic mass is 10.1. The van der Waals surface area contributed by atoms with Gasteiger partial charge in [0.1, 0.15) is 11.5 Å². The highest BCUT2D eigenvalue weighted by atomic mass is 32.1. The number of thiocarbonyl (C=S) groups is 1. The summed E-state index contributed by atoms with van der Waals surface area (Å²) in [6, 6.07) is 17.4. The average Bonchev–Trinajstić information content (AvgIpc) is 3.37. The summed E-state index contributed by atoms with van der Waals surface area (Å²) in [5.74, 6) is 0.725. The van der Waals surface area contributed by atoms with Crippen LogP contribution >= 0.6 is 12.2 Å². The van der Waals surface area contributed by atoms with E-state index in [1.165, 1.54) is 12.8 Å². The van der Waals surface area contributed by atoms with Gasteiger partial charge in [-0.3, -0.25) is 14.9 Å². The average molecular weight is 480 g/mol. The first-order valence-corrected chi connectivity index (χ1v) is 11.7. The van der Waals surface area contributed by atoms with Gasteiger partial charge in [-0.2, -0.15) is 0 Å². The molecule has 0 spiro atoms. The van der Waals surface area contributed by atoms with Crippen molar-refractivity contribution in [2.75, 3.05) is 11.9 Å². The van der Waals surface area contributed by atoms with E-state index in [1.54, 1.807) is 66.9 Å². The maximum atomic E-state index is 12.6. The largest absolute Gasteiger partial charge is 0.494 e. The second kappa shape index (κ2) is 13.2. The van der Waals surface area contributed by atoms with Crippen LogP contribution in [0.25, 0.3) is 0 Å². The molecule has 1 aromatic heterocycles. The van der Waals surface area contributed by atoms with Crippen LogP contribution in [-0.2, 0) is 6.54 Å². The Balaban J connectivity index is 1.51. The molecular formula is C26H29N3O4S. The summed E-state index contributed by atoms with van der Waals surface area (Å²) in [6.45, 7) is 3.10. The van der Waals surface area contributed by atoms with Crippen molar-refractivity contribution in [1.29, 1.82) is 0 Å². The van der Waals surface area contributed by atoms with E-state index in [4.69, 9.17) is 21.4 Å². The van der Waals surface area contributed by atoms with E-state index < -0.39 is 0 Å². The van der Waals surface area contributed by atoms with Crippen LogP contribution in [0.4, 0.5) is 5.69 Å². The van der Waals surface area contributed by atoms with Gasteiger partial charge in [0.2, 0.25) is 0 Å². The van der Waals surface area contributed by atoms with Crippen molar-refractivity contribution in [3.63, 3.8) is 0 Å². The van der Waals surface area contributed by atoms with E-state index in [0.29, 0.717) is 29.2 Å². The first-order chi connectivity index (χ1) is 16.6. The molecule has 2 aromatic carbocycles. The SMILES string of the molecule is CCCCCCOc1ccc(C(=O)NC(=S)Nc2ccccc2C(=O)NCc2ccco2)cc1. The topological polar surface area (TPSA) is 92.6 Å². The van der Waals surface area contributed by atoms with Gasteiger partial charge in [0, 0.05) is 5.56 Å². The number of hydrogen-bond acceptors (Lipinski definition) is 5. The first kappa shape index (κ1) is 25.0. The number of carbonyl (C=O) groups excluding carboxylic acids is 2. The minimum Gasteiger partial charge on any atom is -0.494 e. The molecule has 3 N–H and O–H groups in total. The fourth-order valence-electron chi connectivity index (χ4n) is 3.22. The van der Waals surface area contributed by atoms with Crippen LogP contribution in [0.5, 0.6) is 5.75 Å². The van der Waals surface area contributed by atoms with Crippen LogP contribution in [0, 0.1) is 0 Å². The predicted molar refractivity (Wildman–Crippen MR) is 136 cm³/mol. The molecule has 0 bridgehead atoms. The molecule has 0 fully saturated rings. The third-order valence-corrected chi connectivity index (χ3v) is 5.24. The Bertz CT molecular complexity index is 1080. The standard InChI is InChI=1S/C26H29N3O4S/c1-2-3-4-7-16-32-20-14-12-19(13-15-20)24(30)29-26(34)28-23-11-6-5-10-22(23)25(31)27-18-21-9-8-17-33-21/h5-6,8-15,17H,2-4,7,16,18H2,1H3,(H,27,31)(H2,28,29,30,34). The van der Waals surface area contributed by atoms with E-state index in [-0.39, 0.29) is 23.5 Å². The Kier molecular flexibility index (Phi) is 9.66. The Hall–Kier alpha value is -3.65. The smallest absolute Gasteiger partial charge is 0.257 e. The lowest BCUT2D eigenvalue weighted by Crippen LogP contribution is -2.35. The molecule has 3 rings (SSSR count). The zero-order valence-corrected chi connectivity index (χ0v) is 20.0. The minimum absolute atomic E-state index is 0.0903. The first-order valence-electron chi connectivity index (χ1n) is 11.3. The summed E-state index contributed by atoms with van der Waals surface area (Å²) in [5.41, 5.74) is 1.33. The van der Waals surface area contributed by atoms with Crippen LogP contribution in [0.3, 0.4) is 0 Å². The van der Waals surface area contributed by atoms with Gasteiger partial charge in [-0.15, -0.1) is 0 Å². The van der Waals surface area contributed by atoms with Crippen molar-refractivity contribution < 1.29 is 18.7 Å². The van der Waals surface area contributed by atoms with Gasteiger partial charge in [-0.25, -0.2) is 0 Å². The van der Waals surface area contributed by atoms with Crippen molar-refractivity contribution >= 4 is 34.8 Å². The fourth-order valence-corrected chi connectivity index (χ4v) is 3.42. The Morgan fingerprint density at radius 3 is 2.47 bits per heavy atom. The molecule has 0 unspecified atom stereocenters.